The maximum Gasteiger partial charge on any atom is 0.250 e. The van der Waals surface area contributed by atoms with Crippen molar-refractivity contribution in [1.82, 2.24) is 0 Å². The van der Waals surface area contributed by atoms with Gasteiger partial charge in [-0.3, -0.25) is 4.79 Å². The van der Waals surface area contributed by atoms with Crippen LogP contribution in [0.3, 0.4) is 0 Å². The molecule has 0 aromatic heterocycles. The summed E-state index contributed by atoms with van der Waals surface area (Å²) in [5.41, 5.74) is 5.48. The van der Waals surface area contributed by atoms with Gasteiger partial charge in [0.15, 0.2) is 0 Å². The summed E-state index contributed by atoms with van der Waals surface area (Å²) in [6, 6.07) is 5.71. The van der Waals surface area contributed by atoms with Crippen LogP contribution in [0.2, 0.25) is 0 Å². The van der Waals surface area contributed by atoms with Gasteiger partial charge in [-0.15, -0.1) is 0 Å². The molecule has 1 amide bonds. The molecule has 1 rings (SSSR count). The Labute approximate surface area is 106 Å². The smallest absolute Gasteiger partial charge is 0.250 e. The number of rotatable bonds is 6. The van der Waals surface area contributed by atoms with E-state index in [-0.39, 0.29) is 12.5 Å². The van der Waals surface area contributed by atoms with Crippen molar-refractivity contribution in [1.29, 1.82) is 0 Å². The molecule has 5 heteroatoms. The second-order valence-electron chi connectivity index (χ2n) is 4.35. The van der Waals surface area contributed by atoms with Gasteiger partial charge in [0, 0.05) is 12.2 Å². The van der Waals surface area contributed by atoms with E-state index in [1.165, 1.54) is 18.2 Å². The third kappa shape index (κ3) is 4.43. The maximum atomic E-state index is 12.9. The summed E-state index contributed by atoms with van der Waals surface area (Å²) in [5, 5.41) is 2.56. The van der Waals surface area contributed by atoms with E-state index >= 15 is 0 Å². The molecule has 0 aliphatic carbocycles. The molecule has 0 radical (unpaired) electrons. The van der Waals surface area contributed by atoms with Gasteiger partial charge >= 0.3 is 0 Å². The number of amides is 1. The molecule has 0 heterocycles. The van der Waals surface area contributed by atoms with Crippen molar-refractivity contribution >= 4 is 11.6 Å². The summed E-state index contributed by atoms with van der Waals surface area (Å²) < 4.78 is 18.4. The standard InChI is InChI=1S/C13H19FN2O2/c1-3-13(2,9-15)18-8-12(17)16-11-6-4-5-10(14)7-11/h4-7H,3,8-9,15H2,1-2H3,(H,16,17). The number of carbonyl (C=O) groups is 1. The second-order valence-corrected chi connectivity index (χ2v) is 4.35. The predicted octanol–water partition coefficient (Wildman–Crippen LogP) is 1.91. The molecule has 0 bridgehead atoms. The van der Waals surface area contributed by atoms with Crippen LogP contribution in [-0.2, 0) is 9.53 Å². The van der Waals surface area contributed by atoms with Gasteiger partial charge in [0.2, 0.25) is 5.91 Å². The Kier molecular flexibility index (Phi) is 5.25. The zero-order valence-corrected chi connectivity index (χ0v) is 10.7. The number of ether oxygens (including phenoxy) is 1. The number of halogens is 1. The van der Waals surface area contributed by atoms with Gasteiger partial charge in [-0.1, -0.05) is 13.0 Å². The number of nitrogens with one attached hydrogen (secondary N) is 1. The molecule has 1 unspecified atom stereocenters. The third-order valence-corrected chi connectivity index (χ3v) is 2.84. The lowest BCUT2D eigenvalue weighted by molar-refractivity contribution is -0.126. The van der Waals surface area contributed by atoms with Crippen molar-refractivity contribution in [2.24, 2.45) is 5.73 Å². The highest BCUT2D eigenvalue weighted by Gasteiger charge is 2.21. The van der Waals surface area contributed by atoms with Crippen LogP contribution >= 0.6 is 0 Å². The number of benzene rings is 1. The zero-order chi connectivity index (χ0) is 13.6. The summed E-state index contributed by atoms with van der Waals surface area (Å²) in [7, 11) is 0. The van der Waals surface area contributed by atoms with Gasteiger partial charge in [-0.05, 0) is 31.5 Å². The van der Waals surface area contributed by atoms with E-state index in [0.29, 0.717) is 12.2 Å². The fraction of sp³-hybridized carbons (Fsp3) is 0.462. The minimum Gasteiger partial charge on any atom is -0.364 e. The summed E-state index contributed by atoms with van der Waals surface area (Å²) in [6.45, 7) is 4.04. The quantitative estimate of drug-likeness (QED) is 0.815. The van der Waals surface area contributed by atoms with Crippen LogP contribution in [0.4, 0.5) is 10.1 Å². The highest BCUT2D eigenvalue weighted by atomic mass is 19.1. The number of nitrogens with two attached hydrogens (primary N) is 1. The van der Waals surface area contributed by atoms with Crippen LogP contribution in [-0.4, -0.2) is 24.7 Å². The van der Waals surface area contributed by atoms with Crippen molar-refractivity contribution < 1.29 is 13.9 Å². The van der Waals surface area contributed by atoms with E-state index in [1.807, 2.05) is 13.8 Å². The van der Waals surface area contributed by atoms with Crippen LogP contribution < -0.4 is 11.1 Å². The summed E-state index contributed by atoms with van der Waals surface area (Å²) in [6.07, 6.45) is 0.719. The molecule has 0 saturated carbocycles. The monoisotopic (exact) mass is 254 g/mol. The first kappa shape index (κ1) is 14.6. The molecule has 4 nitrogen and oxygen atoms in total. The van der Waals surface area contributed by atoms with E-state index in [4.69, 9.17) is 10.5 Å². The van der Waals surface area contributed by atoms with Gasteiger partial charge in [-0.2, -0.15) is 0 Å². The molecule has 18 heavy (non-hydrogen) atoms. The van der Waals surface area contributed by atoms with E-state index in [1.54, 1.807) is 6.07 Å². The van der Waals surface area contributed by atoms with Crippen LogP contribution in [0.25, 0.3) is 0 Å². The second kappa shape index (κ2) is 6.47. The number of hydrogen-bond acceptors (Lipinski definition) is 3. The summed E-state index contributed by atoms with van der Waals surface area (Å²) >= 11 is 0. The Morgan fingerprint density at radius 2 is 2.28 bits per heavy atom. The van der Waals surface area contributed by atoms with Crippen molar-refractivity contribution in [2.45, 2.75) is 25.9 Å². The normalized spacial score (nSPS) is 14.0. The van der Waals surface area contributed by atoms with Gasteiger partial charge < -0.3 is 15.8 Å². The molecule has 1 atom stereocenters. The molecule has 0 aliphatic heterocycles. The van der Waals surface area contributed by atoms with Gasteiger partial charge in [-0.25, -0.2) is 4.39 Å². The van der Waals surface area contributed by atoms with Crippen molar-refractivity contribution in [3.8, 4) is 0 Å². The molecule has 0 aliphatic rings. The Bertz CT molecular complexity index is 406. The van der Waals surface area contributed by atoms with Gasteiger partial charge in [0.05, 0.1) is 5.60 Å². The Hall–Kier alpha value is -1.46. The van der Waals surface area contributed by atoms with Crippen LogP contribution in [0.1, 0.15) is 20.3 Å². The number of hydrogen-bond donors (Lipinski definition) is 2. The third-order valence-electron chi connectivity index (χ3n) is 2.84. The largest absolute Gasteiger partial charge is 0.364 e. The van der Waals surface area contributed by atoms with Crippen LogP contribution in [0, 0.1) is 5.82 Å². The summed E-state index contributed by atoms with van der Waals surface area (Å²) in [4.78, 5) is 11.6. The lowest BCUT2D eigenvalue weighted by Crippen LogP contribution is -2.39. The lowest BCUT2D eigenvalue weighted by atomic mass is 10.0. The Morgan fingerprint density at radius 1 is 1.56 bits per heavy atom. The minimum atomic E-state index is -0.501. The van der Waals surface area contributed by atoms with E-state index in [2.05, 4.69) is 5.32 Å². The lowest BCUT2D eigenvalue weighted by Gasteiger charge is -2.26. The first-order chi connectivity index (χ1) is 8.49. The highest BCUT2D eigenvalue weighted by molar-refractivity contribution is 5.91. The molecule has 0 fully saturated rings. The average molecular weight is 254 g/mol. The van der Waals surface area contributed by atoms with Crippen molar-refractivity contribution in [3.05, 3.63) is 30.1 Å². The summed E-state index contributed by atoms with van der Waals surface area (Å²) in [5.74, 6) is -0.720. The van der Waals surface area contributed by atoms with Gasteiger partial charge in [0.25, 0.3) is 0 Å². The molecular formula is C13H19FN2O2. The minimum absolute atomic E-state index is 0.0992. The van der Waals surface area contributed by atoms with Gasteiger partial charge in [0.1, 0.15) is 12.4 Å². The molecule has 100 valence electrons. The molecule has 1 aromatic carbocycles. The molecule has 0 spiro atoms. The fourth-order valence-electron chi connectivity index (χ4n) is 1.31. The van der Waals surface area contributed by atoms with E-state index in [9.17, 15) is 9.18 Å². The first-order valence-electron chi connectivity index (χ1n) is 5.88. The Morgan fingerprint density at radius 3 is 2.83 bits per heavy atom. The molecular weight excluding hydrogens is 235 g/mol. The van der Waals surface area contributed by atoms with Crippen LogP contribution in [0.15, 0.2) is 24.3 Å². The number of anilines is 1. The molecule has 3 N–H and O–H groups in total. The fourth-order valence-corrected chi connectivity index (χ4v) is 1.31. The molecule has 1 aromatic rings. The van der Waals surface area contributed by atoms with Crippen molar-refractivity contribution in [3.63, 3.8) is 0 Å². The number of carbonyl (C=O) groups excluding carboxylic acids is 1. The van der Waals surface area contributed by atoms with E-state index < -0.39 is 11.4 Å². The zero-order valence-electron chi connectivity index (χ0n) is 10.7. The predicted molar refractivity (Wildman–Crippen MR) is 68.7 cm³/mol. The molecule has 0 saturated heterocycles. The first-order valence-corrected chi connectivity index (χ1v) is 5.88. The SMILES string of the molecule is CCC(C)(CN)OCC(=O)Nc1cccc(F)c1. The average Bonchev–Trinajstić information content (AvgIpc) is 2.36. The van der Waals surface area contributed by atoms with Crippen molar-refractivity contribution in [2.75, 3.05) is 18.5 Å². The topological polar surface area (TPSA) is 64.3 Å². The Balaban J connectivity index is 2.47. The van der Waals surface area contributed by atoms with E-state index in [0.717, 1.165) is 6.42 Å². The van der Waals surface area contributed by atoms with Crippen LogP contribution in [0.5, 0.6) is 0 Å². The maximum absolute atomic E-state index is 12.9. The highest BCUT2D eigenvalue weighted by Crippen LogP contribution is 2.13.